The molecule has 5 atom stereocenters. The second kappa shape index (κ2) is 18.0. The number of para-hydroxylation sites is 1. The third-order valence-corrected chi connectivity index (χ3v) is 14.5. The van der Waals surface area contributed by atoms with Crippen LogP contribution < -0.4 is 5.32 Å². The van der Waals surface area contributed by atoms with E-state index in [0.717, 1.165) is 16.0 Å². The van der Waals surface area contributed by atoms with Crippen LogP contribution in [0.2, 0.25) is 18.1 Å². The van der Waals surface area contributed by atoms with Gasteiger partial charge in [-0.2, -0.15) is 0 Å². The normalized spacial score (nSPS) is 20.0. The van der Waals surface area contributed by atoms with Gasteiger partial charge in [-0.15, -0.1) is 0 Å². The van der Waals surface area contributed by atoms with Crippen LogP contribution in [-0.4, -0.2) is 80.6 Å². The van der Waals surface area contributed by atoms with Crippen LogP contribution >= 0.6 is 0 Å². The van der Waals surface area contributed by atoms with E-state index in [0.29, 0.717) is 12.1 Å². The Hall–Kier alpha value is -4.07. The second-order valence-corrected chi connectivity index (χ2v) is 23.9. The van der Waals surface area contributed by atoms with Gasteiger partial charge in [-0.3, -0.25) is 24.0 Å². The fraction of sp³-hybridized carbons (Fsp3) is 0.605. The molecule has 56 heavy (non-hydrogen) atoms. The molecule has 0 spiro atoms. The van der Waals surface area contributed by atoms with Gasteiger partial charge in [0.1, 0.15) is 6.04 Å². The molecule has 2 aromatic rings. The van der Waals surface area contributed by atoms with Gasteiger partial charge in [0.25, 0.3) is 0 Å². The average molecular weight is 797 g/mol. The first-order chi connectivity index (χ1) is 25.7. The minimum atomic E-state index is -2.15. The van der Waals surface area contributed by atoms with E-state index in [-0.39, 0.29) is 24.7 Å². The topological polar surface area (TPSA) is 147 Å². The highest BCUT2D eigenvalue weighted by Gasteiger charge is 2.53. The molecule has 3 rings (SSSR count). The van der Waals surface area contributed by atoms with Crippen molar-refractivity contribution < 1.29 is 47.3 Å². The van der Waals surface area contributed by atoms with E-state index in [4.69, 9.17) is 23.4 Å². The third kappa shape index (κ3) is 12.2. The fourth-order valence-electron chi connectivity index (χ4n) is 5.24. The molecule has 1 aliphatic heterocycles. The molecule has 0 radical (unpaired) electrons. The van der Waals surface area contributed by atoms with Crippen LogP contribution in [0.1, 0.15) is 94.2 Å². The third-order valence-electron chi connectivity index (χ3n) is 10.0. The maximum absolute atomic E-state index is 14.6. The van der Waals surface area contributed by atoms with Crippen LogP contribution in [0.25, 0.3) is 0 Å². The number of rotatable bonds is 13. The van der Waals surface area contributed by atoms with Crippen LogP contribution in [0.4, 0.5) is 5.69 Å². The molecule has 1 heterocycles. The first-order valence-corrected chi connectivity index (χ1v) is 22.1. The highest BCUT2D eigenvalue weighted by atomic mass is 28.4. The number of nitrogens with zero attached hydrogens (tertiary/aromatic N) is 1. The Morgan fingerprint density at radius 2 is 1.27 bits per heavy atom. The van der Waals surface area contributed by atoms with Crippen LogP contribution in [-0.2, 0) is 60.4 Å². The Balaban J connectivity index is 2.15. The predicted molar refractivity (Wildman–Crippen MR) is 217 cm³/mol. The van der Waals surface area contributed by atoms with E-state index in [1.54, 1.807) is 74.4 Å². The van der Waals surface area contributed by atoms with Gasteiger partial charge in [-0.1, -0.05) is 69.3 Å². The van der Waals surface area contributed by atoms with E-state index in [1.165, 1.54) is 0 Å². The van der Waals surface area contributed by atoms with E-state index in [2.05, 4.69) is 39.2 Å². The Bertz CT molecular complexity index is 1680. The quantitative estimate of drug-likeness (QED) is 0.0939. The summed E-state index contributed by atoms with van der Waals surface area (Å²) in [5, 5.41) is 3.00. The largest absolute Gasteiger partial charge is 0.455 e. The number of hydrogen-bond acceptors (Lipinski definition) is 10. The van der Waals surface area contributed by atoms with Crippen LogP contribution in [0.15, 0.2) is 54.6 Å². The molecule has 310 valence electrons. The van der Waals surface area contributed by atoms with Crippen molar-refractivity contribution in [3.05, 3.63) is 65.7 Å². The number of carbonyl (C=O) groups is 5. The maximum Gasteiger partial charge on any atom is 0.311 e. The number of anilines is 1. The van der Waals surface area contributed by atoms with E-state index in [9.17, 15) is 24.0 Å². The molecule has 0 aliphatic carbocycles. The van der Waals surface area contributed by atoms with Crippen LogP contribution in [0.3, 0.4) is 0 Å². The Morgan fingerprint density at radius 3 is 1.79 bits per heavy atom. The lowest BCUT2D eigenvalue weighted by Crippen LogP contribution is -2.65. The Labute approximate surface area is 334 Å². The summed E-state index contributed by atoms with van der Waals surface area (Å²) < 4.78 is 30.8. The average Bonchev–Trinajstić information content (AvgIpc) is 3.08. The van der Waals surface area contributed by atoms with Gasteiger partial charge in [-0.05, 0) is 97.6 Å². The lowest BCUT2D eigenvalue weighted by molar-refractivity contribution is -0.256. The molecule has 1 aliphatic rings. The monoisotopic (exact) mass is 796 g/mol. The summed E-state index contributed by atoms with van der Waals surface area (Å²) in [6.07, 6.45) is -5.08. The van der Waals surface area contributed by atoms with Crippen molar-refractivity contribution in [3.63, 3.8) is 0 Å². The van der Waals surface area contributed by atoms with Crippen molar-refractivity contribution in [2.24, 2.45) is 16.2 Å². The van der Waals surface area contributed by atoms with Gasteiger partial charge in [0.2, 0.25) is 12.3 Å². The molecule has 0 aromatic heterocycles. The van der Waals surface area contributed by atoms with E-state index in [1.807, 2.05) is 42.5 Å². The summed E-state index contributed by atoms with van der Waals surface area (Å²) in [6.45, 7) is 25.6. The Morgan fingerprint density at radius 1 is 0.768 bits per heavy atom. The zero-order valence-electron chi connectivity index (χ0n) is 35.8. The van der Waals surface area contributed by atoms with Crippen LogP contribution in [0.5, 0.6) is 0 Å². The van der Waals surface area contributed by atoms with Crippen molar-refractivity contribution >= 4 is 44.2 Å². The maximum atomic E-state index is 14.6. The van der Waals surface area contributed by atoms with Crippen LogP contribution in [0, 0.1) is 16.2 Å². The standard InChI is InChI=1S/C43H64N2O10Si/c1-40(2,3)37(48)53-32-26-51-36(34(55-39(50)42(7,8)9)33(32)54-38(49)41(4,5)6)45(27-46)31(24-28-20-16-15-17-21-28)35(47)44-30-23-19-18-22-29(30)25-52-56(13,14)43(10,11)12/h15-23,27,31-34,36H,24-26H2,1-14H3,(H,44,47)/t31-,32+,33+,34-,36-/m0/s1. The molecule has 2 aromatic carbocycles. The molecule has 12 nitrogen and oxygen atoms in total. The molecule has 0 unspecified atom stereocenters. The van der Waals surface area contributed by atoms with E-state index < -0.39 is 79.0 Å². The minimum absolute atomic E-state index is 0.0352. The summed E-state index contributed by atoms with van der Waals surface area (Å²) in [4.78, 5) is 69.5. The van der Waals surface area contributed by atoms with Crippen molar-refractivity contribution in [1.82, 2.24) is 4.90 Å². The number of ether oxygens (including phenoxy) is 4. The molecule has 1 N–H and O–H groups in total. The Kier molecular flexibility index (Phi) is 14.9. The second-order valence-electron chi connectivity index (χ2n) is 19.1. The van der Waals surface area contributed by atoms with Gasteiger partial charge >= 0.3 is 17.9 Å². The molecule has 0 bridgehead atoms. The molecule has 1 fully saturated rings. The smallest absolute Gasteiger partial charge is 0.311 e. The lowest BCUT2D eigenvalue weighted by atomic mass is 9.94. The van der Waals surface area contributed by atoms with E-state index >= 15 is 0 Å². The lowest BCUT2D eigenvalue weighted by Gasteiger charge is -2.46. The van der Waals surface area contributed by atoms with Gasteiger partial charge in [0.05, 0.1) is 29.5 Å². The summed E-state index contributed by atoms with van der Waals surface area (Å²) in [5.41, 5.74) is -0.988. The van der Waals surface area contributed by atoms with Crippen molar-refractivity contribution in [3.8, 4) is 0 Å². The molecule has 2 amide bonds. The molecule has 1 saturated heterocycles. The number of nitrogens with one attached hydrogen (secondary N) is 1. The van der Waals surface area contributed by atoms with Gasteiger partial charge < -0.3 is 33.6 Å². The number of benzene rings is 2. The SMILES string of the molecule is CC(C)(C)C(=O)O[C@H]1[C@H](OC(=O)C(C)(C)C)[C@@H](N(C=O)[C@@H](Cc2ccccc2)C(=O)Nc2ccccc2CO[Si](C)(C)C(C)(C)C)OC[C@H]1OC(=O)C(C)(C)C. The number of carbonyl (C=O) groups excluding carboxylic acids is 5. The van der Waals surface area contributed by atoms with Gasteiger partial charge in [0.15, 0.2) is 32.9 Å². The van der Waals surface area contributed by atoms with Crippen molar-refractivity contribution in [1.29, 1.82) is 0 Å². The number of amides is 2. The molecular formula is C43H64N2O10Si. The van der Waals surface area contributed by atoms with Gasteiger partial charge in [0, 0.05) is 12.1 Å². The zero-order chi connectivity index (χ0) is 42.4. The fourth-order valence-corrected chi connectivity index (χ4v) is 6.19. The zero-order valence-corrected chi connectivity index (χ0v) is 36.8. The summed E-state index contributed by atoms with van der Waals surface area (Å²) >= 11 is 0. The first kappa shape index (κ1) is 46.3. The predicted octanol–water partition coefficient (Wildman–Crippen LogP) is 7.45. The summed E-state index contributed by atoms with van der Waals surface area (Å²) in [5.74, 6) is -2.51. The van der Waals surface area contributed by atoms with Crippen molar-refractivity contribution in [2.45, 2.75) is 145 Å². The summed E-state index contributed by atoms with van der Waals surface area (Å²) in [6, 6.07) is 15.2. The summed E-state index contributed by atoms with van der Waals surface area (Å²) in [7, 11) is -2.15. The highest BCUT2D eigenvalue weighted by molar-refractivity contribution is 6.74. The highest BCUT2D eigenvalue weighted by Crippen LogP contribution is 2.38. The molecule has 0 saturated carbocycles. The number of esters is 3. The van der Waals surface area contributed by atoms with Gasteiger partial charge in [-0.25, -0.2) is 0 Å². The molecule has 13 heteroatoms. The van der Waals surface area contributed by atoms with Crippen molar-refractivity contribution in [2.75, 3.05) is 11.9 Å². The number of hydrogen-bond donors (Lipinski definition) is 1. The molecular weight excluding hydrogens is 733 g/mol. The first-order valence-electron chi connectivity index (χ1n) is 19.2. The minimum Gasteiger partial charge on any atom is -0.455 e.